The molecule has 0 saturated heterocycles. The summed E-state index contributed by atoms with van der Waals surface area (Å²) in [5, 5.41) is 8.64. The summed E-state index contributed by atoms with van der Waals surface area (Å²) in [6.07, 6.45) is 0. The molecule has 0 heterocycles. The zero-order valence-electron chi connectivity index (χ0n) is 32.5. The Bertz CT molecular complexity index is 2860. The SMILES string of the molecule is Brc1ccc(-c2cccc3ccccc23)cc1.Nc1ccc(-c2ccccc2)cc1.c1ccc(-c2ccc(Nc3ccc(-c4cccc5ccccc45)cc3)cc2)cc1. The van der Waals surface area contributed by atoms with Crippen LogP contribution in [-0.4, -0.2) is 0 Å². The van der Waals surface area contributed by atoms with Gasteiger partial charge in [-0.3, -0.25) is 0 Å². The zero-order chi connectivity index (χ0) is 40.2. The molecule has 0 unspecified atom stereocenters. The van der Waals surface area contributed by atoms with Gasteiger partial charge in [0.05, 0.1) is 0 Å². The Kier molecular flexibility index (Phi) is 12.3. The number of nitrogens with one attached hydrogen (secondary N) is 1. The highest BCUT2D eigenvalue weighted by Gasteiger charge is 2.05. The lowest BCUT2D eigenvalue weighted by Gasteiger charge is -2.10. The molecule has 2 nitrogen and oxygen atoms in total. The highest BCUT2D eigenvalue weighted by Crippen LogP contribution is 2.31. The van der Waals surface area contributed by atoms with Gasteiger partial charge in [0.2, 0.25) is 0 Å². The van der Waals surface area contributed by atoms with Crippen LogP contribution in [0.15, 0.2) is 247 Å². The summed E-state index contributed by atoms with van der Waals surface area (Å²) < 4.78 is 1.11. The van der Waals surface area contributed by atoms with Crippen molar-refractivity contribution < 1.29 is 0 Å². The van der Waals surface area contributed by atoms with Crippen LogP contribution in [0.3, 0.4) is 0 Å². The summed E-state index contributed by atoms with van der Waals surface area (Å²) in [4.78, 5) is 0. The summed E-state index contributed by atoms with van der Waals surface area (Å²) in [5.74, 6) is 0. The van der Waals surface area contributed by atoms with E-state index >= 15 is 0 Å². The predicted molar refractivity (Wildman–Crippen MR) is 258 cm³/mol. The van der Waals surface area contributed by atoms with Gasteiger partial charge in [0.15, 0.2) is 0 Å². The van der Waals surface area contributed by atoms with Gasteiger partial charge < -0.3 is 11.1 Å². The first-order valence-electron chi connectivity index (χ1n) is 19.7. The van der Waals surface area contributed by atoms with Crippen LogP contribution in [0.4, 0.5) is 17.1 Å². The van der Waals surface area contributed by atoms with E-state index in [4.69, 9.17) is 5.73 Å². The van der Waals surface area contributed by atoms with Crippen molar-refractivity contribution in [2.75, 3.05) is 11.1 Å². The maximum absolute atomic E-state index is 5.60. The topological polar surface area (TPSA) is 38.0 Å². The fourth-order valence-corrected chi connectivity index (χ4v) is 7.43. The lowest BCUT2D eigenvalue weighted by molar-refractivity contribution is 1.54. The number of hydrogen-bond donors (Lipinski definition) is 2. The van der Waals surface area contributed by atoms with Crippen molar-refractivity contribution in [1.29, 1.82) is 0 Å². The van der Waals surface area contributed by atoms with Crippen molar-refractivity contribution in [2.24, 2.45) is 0 Å². The molecule has 3 heteroatoms. The van der Waals surface area contributed by atoms with E-state index in [-0.39, 0.29) is 0 Å². The van der Waals surface area contributed by atoms with Gasteiger partial charge in [0, 0.05) is 21.5 Å². The second-order valence-corrected chi connectivity index (χ2v) is 15.1. The lowest BCUT2D eigenvalue weighted by Crippen LogP contribution is -1.90. The minimum atomic E-state index is 0.805. The summed E-state index contributed by atoms with van der Waals surface area (Å²) in [6.45, 7) is 0. The average molecular weight is 824 g/mol. The number of benzene rings is 10. The summed E-state index contributed by atoms with van der Waals surface area (Å²) in [7, 11) is 0. The highest BCUT2D eigenvalue weighted by molar-refractivity contribution is 9.10. The Balaban J connectivity index is 0.000000136. The predicted octanol–water partition coefficient (Wildman–Crippen LogP) is 16.1. The smallest absolute Gasteiger partial charge is 0.0384 e. The monoisotopic (exact) mass is 822 g/mol. The first-order valence-corrected chi connectivity index (χ1v) is 20.5. The van der Waals surface area contributed by atoms with E-state index in [0.717, 1.165) is 21.5 Å². The molecular weight excluding hydrogens is 781 g/mol. The van der Waals surface area contributed by atoms with Crippen LogP contribution >= 0.6 is 15.9 Å². The molecule has 0 fully saturated rings. The summed E-state index contributed by atoms with van der Waals surface area (Å²) in [5.41, 5.74) is 18.5. The molecule has 0 bridgehead atoms. The van der Waals surface area contributed by atoms with E-state index in [9.17, 15) is 0 Å². The molecule has 0 atom stereocenters. The van der Waals surface area contributed by atoms with Crippen LogP contribution < -0.4 is 11.1 Å². The fraction of sp³-hybridized carbons (Fsp3) is 0. The Hall–Kier alpha value is -7.20. The maximum Gasteiger partial charge on any atom is 0.0384 e. The third-order valence-corrected chi connectivity index (χ3v) is 10.8. The number of fused-ring (bicyclic) bond motifs is 2. The molecule has 0 aliphatic rings. The van der Waals surface area contributed by atoms with E-state index < -0.39 is 0 Å². The molecular formula is C56H43BrN2. The van der Waals surface area contributed by atoms with E-state index in [1.807, 2.05) is 48.5 Å². The van der Waals surface area contributed by atoms with Crippen molar-refractivity contribution in [3.63, 3.8) is 0 Å². The van der Waals surface area contributed by atoms with Crippen LogP contribution in [0.2, 0.25) is 0 Å². The molecule has 284 valence electrons. The molecule has 0 aliphatic heterocycles. The zero-order valence-corrected chi connectivity index (χ0v) is 34.1. The van der Waals surface area contributed by atoms with Crippen LogP contribution in [0, 0.1) is 0 Å². The van der Waals surface area contributed by atoms with Crippen LogP contribution in [0.25, 0.3) is 66.1 Å². The minimum absolute atomic E-state index is 0.805. The third kappa shape index (κ3) is 9.85. The van der Waals surface area contributed by atoms with Gasteiger partial charge in [-0.1, -0.05) is 210 Å². The van der Waals surface area contributed by atoms with Crippen molar-refractivity contribution in [3.05, 3.63) is 247 Å². The summed E-state index contributed by atoms with van der Waals surface area (Å²) in [6, 6.07) is 84.2. The van der Waals surface area contributed by atoms with E-state index in [1.165, 1.54) is 66.1 Å². The second kappa shape index (κ2) is 18.8. The molecule has 0 spiro atoms. The molecule has 0 saturated carbocycles. The molecule has 0 aromatic heterocycles. The molecule has 0 aliphatic carbocycles. The second-order valence-electron chi connectivity index (χ2n) is 14.2. The van der Waals surface area contributed by atoms with E-state index in [1.54, 1.807) is 0 Å². The van der Waals surface area contributed by atoms with Gasteiger partial charge in [-0.15, -0.1) is 0 Å². The van der Waals surface area contributed by atoms with Gasteiger partial charge in [-0.2, -0.15) is 0 Å². The van der Waals surface area contributed by atoms with Gasteiger partial charge >= 0.3 is 0 Å². The maximum atomic E-state index is 5.60. The van der Waals surface area contributed by atoms with Crippen molar-refractivity contribution in [1.82, 2.24) is 0 Å². The van der Waals surface area contributed by atoms with Gasteiger partial charge in [0.25, 0.3) is 0 Å². The minimum Gasteiger partial charge on any atom is -0.399 e. The number of nitrogen functional groups attached to an aromatic ring is 1. The third-order valence-electron chi connectivity index (χ3n) is 10.2. The Morgan fingerprint density at radius 2 is 0.627 bits per heavy atom. The average Bonchev–Trinajstić information content (AvgIpc) is 3.31. The first-order chi connectivity index (χ1) is 29.1. The molecule has 10 aromatic carbocycles. The standard InChI is InChI=1S/C28H21N.C16H11Br.C12H11N/c1-2-7-21(8-3-1)22-13-17-25(18-14-22)29-26-19-15-24(16-20-26)28-12-6-10-23-9-4-5-11-27(23)28;17-14-10-8-13(9-11-14)16-7-3-5-12-4-1-2-6-15(12)16;13-12-8-6-11(7-9-12)10-4-2-1-3-5-10/h1-20,29H;1-11H;1-9H,13H2. The van der Waals surface area contributed by atoms with E-state index in [0.29, 0.717) is 0 Å². The van der Waals surface area contributed by atoms with E-state index in [2.05, 4.69) is 215 Å². The molecule has 0 amide bonds. The molecule has 0 radical (unpaired) electrons. The normalized spacial score (nSPS) is 10.5. The molecule has 3 N–H and O–H groups in total. The van der Waals surface area contributed by atoms with Crippen molar-refractivity contribution in [3.8, 4) is 44.5 Å². The van der Waals surface area contributed by atoms with Crippen LogP contribution in [0.5, 0.6) is 0 Å². The molecule has 59 heavy (non-hydrogen) atoms. The largest absolute Gasteiger partial charge is 0.399 e. The van der Waals surface area contributed by atoms with Gasteiger partial charge in [-0.05, 0) is 115 Å². The van der Waals surface area contributed by atoms with Crippen molar-refractivity contribution in [2.45, 2.75) is 0 Å². The highest BCUT2D eigenvalue weighted by atomic mass is 79.9. The number of nitrogens with two attached hydrogens (primary N) is 1. The Morgan fingerprint density at radius 3 is 1.08 bits per heavy atom. The number of rotatable bonds is 6. The Labute approximate surface area is 355 Å². The van der Waals surface area contributed by atoms with Crippen molar-refractivity contribution >= 4 is 54.5 Å². The van der Waals surface area contributed by atoms with Gasteiger partial charge in [-0.25, -0.2) is 0 Å². The van der Waals surface area contributed by atoms with Gasteiger partial charge in [0.1, 0.15) is 0 Å². The number of anilines is 3. The van der Waals surface area contributed by atoms with Crippen LogP contribution in [-0.2, 0) is 0 Å². The van der Waals surface area contributed by atoms with Crippen LogP contribution in [0.1, 0.15) is 0 Å². The Morgan fingerprint density at radius 1 is 0.288 bits per heavy atom. The first kappa shape index (κ1) is 38.7. The molecule has 10 rings (SSSR count). The lowest BCUT2D eigenvalue weighted by atomic mass is 9.98. The number of halogens is 1. The quantitative estimate of drug-likeness (QED) is 0.164. The fourth-order valence-electron chi connectivity index (χ4n) is 7.17. The number of hydrogen-bond acceptors (Lipinski definition) is 2. The summed E-state index contributed by atoms with van der Waals surface area (Å²) >= 11 is 3.47. The molecule has 10 aromatic rings.